The van der Waals surface area contributed by atoms with Gasteiger partial charge in [-0.05, 0) is 86.8 Å². The lowest BCUT2D eigenvalue weighted by molar-refractivity contribution is -0.132. The van der Waals surface area contributed by atoms with E-state index in [0.29, 0.717) is 22.4 Å². The highest BCUT2D eigenvalue weighted by Gasteiger charge is 2.47. The summed E-state index contributed by atoms with van der Waals surface area (Å²) in [7, 11) is 1.54. The lowest BCUT2D eigenvalue weighted by Gasteiger charge is -2.26. The molecule has 0 saturated carbocycles. The average molecular weight is 516 g/mol. The fourth-order valence-electron chi connectivity index (χ4n) is 4.55. The van der Waals surface area contributed by atoms with E-state index in [2.05, 4.69) is 0 Å². The van der Waals surface area contributed by atoms with Crippen LogP contribution in [-0.2, 0) is 14.3 Å². The first-order valence-corrected chi connectivity index (χ1v) is 12.1. The molecule has 1 unspecified atom stereocenters. The van der Waals surface area contributed by atoms with Crippen LogP contribution >= 0.6 is 0 Å². The number of Topliss-reactive ketones (excluding diaryl/α,β-unsaturated/α-hetero) is 1. The Kier molecular flexibility index (Phi) is 7.26. The first-order valence-electron chi connectivity index (χ1n) is 12.1. The summed E-state index contributed by atoms with van der Waals surface area (Å²) in [6, 6.07) is 14.7. The average Bonchev–Trinajstić information content (AvgIpc) is 3.15. The van der Waals surface area contributed by atoms with Gasteiger partial charge in [-0.3, -0.25) is 14.5 Å². The molecule has 4 rings (SSSR count). The van der Waals surface area contributed by atoms with E-state index >= 15 is 0 Å². The molecule has 0 radical (unpaired) electrons. The fraction of sp³-hybridized carbons (Fsp3) is 0.233. The predicted octanol–water partition coefficient (Wildman–Crippen LogP) is 5.21. The van der Waals surface area contributed by atoms with Crippen LogP contribution in [0.5, 0.6) is 11.5 Å². The van der Waals surface area contributed by atoms with Crippen molar-refractivity contribution in [2.45, 2.75) is 39.8 Å². The summed E-state index contributed by atoms with van der Waals surface area (Å²) >= 11 is 0. The van der Waals surface area contributed by atoms with Crippen molar-refractivity contribution in [1.29, 1.82) is 0 Å². The molecule has 3 aromatic rings. The summed E-state index contributed by atoms with van der Waals surface area (Å²) in [6.45, 7) is 7.04. The molecule has 1 atom stereocenters. The zero-order valence-electron chi connectivity index (χ0n) is 21.8. The van der Waals surface area contributed by atoms with Crippen LogP contribution < -0.4 is 9.64 Å². The Balaban J connectivity index is 1.92. The third kappa shape index (κ3) is 4.85. The van der Waals surface area contributed by atoms with E-state index in [1.165, 1.54) is 23.1 Å². The Labute approximate surface area is 220 Å². The number of carbonyl (C=O) groups excluding carboxylic acids is 3. The summed E-state index contributed by atoms with van der Waals surface area (Å²) < 4.78 is 10.7. The number of aryl methyl sites for hydroxylation is 2. The quantitative estimate of drug-likeness (QED) is 0.201. The number of aliphatic hydroxyl groups excluding tert-OH is 1. The van der Waals surface area contributed by atoms with Crippen molar-refractivity contribution in [2.75, 3.05) is 12.0 Å². The molecule has 0 aliphatic carbocycles. The summed E-state index contributed by atoms with van der Waals surface area (Å²) in [5, 5.41) is 21.3. The number of esters is 1. The van der Waals surface area contributed by atoms with E-state index in [-0.39, 0.29) is 34.4 Å². The molecule has 38 heavy (non-hydrogen) atoms. The number of methoxy groups -OCH3 is 1. The number of hydrogen-bond donors (Lipinski definition) is 2. The maximum atomic E-state index is 13.5. The Morgan fingerprint density at radius 3 is 2.29 bits per heavy atom. The number of rotatable bonds is 6. The lowest BCUT2D eigenvalue weighted by atomic mass is 9.93. The fourth-order valence-corrected chi connectivity index (χ4v) is 4.55. The predicted molar refractivity (Wildman–Crippen MR) is 142 cm³/mol. The van der Waals surface area contributed by atoms with Crippen LogP contribution in [0, 0.1) is 13.8 Å². The normalized spacial score (nSPS) is 16.7. The van der Waals surface area contributed by atoms with Crippen LogP contribution in [-0.4, -0.2) is 41.1 Å². The number of benzene rings is 3. The van der Waals surface area contributed by atoms with Crippen LogP contribution in [0.3, 0.4) is 0 Å². The summed E-state index contributed by atoms with van der Waals surface area (Å²) in [4.78, 5) is 40.7. The molecule has 1 heterocycles. The van der Waals surface area contributed by atoms with Crippen molar-refractivity contribution in [1.82, 2.24) is 0 Å². The number of phenols is 1. The minimum absolute atomic E-state index is 0.00533. The maximum absolute atomic E-state index is 13.5. The van der Waals surface area contributed by atoms with Gasteiger partial charge in [0.15, 0.2) is 0 Å². The van der Waals surface area contributed by atoms with Crippen molar-refractivity contribution >= 4 is 29.1 Å². The Hall–Kier alpha value is -4.59. The SMILES string of the molecule is COc1cc(C)c(/C(O)=C2\C(=O)C(=O)N(c3cccc(C(=O)OC(C)C)c3)C2c2ccc(O)cc2)cc1C. The van der Waals surface area contributed by atoms with Crippen molar-refractivity contribution in [3.05, 3.63) is 94.1 Å². The van der Waals surface area contributed by atoms with Crippen molar-refractivity contribution in [3.8, 4) is 11.5 Å². The minimum Gasteiger partial charge on any atom is -0.508 e. The van der Waals surface area contributed by atoms with Crippen LogP contribution in [0.2, 0.25) is 0 Å². The van der Waals surface area contributed by atoms with Gasteiger partial charge in [-0.25, -0.2) is 4.79 Å². The van der Waals surface area contributed by atoms with E-state index in [4.69, 9.17) is 9.47 Å². The van der Waals surface area contributed by atoms with E-state index < -0.39 is 23.7 Å². The first-order chi connectivity index (χ1) is 18.0. The van der Waals surface area contributed by atoms with Crippen molar-refractivity contribution < 1.29 is 34.1 Å². The van der Waals surface area contributed by atoms with E-state index in [9.17, 15) is 24.6 Å². The number of ether oxygens (including phenoxy) is 2. The van der Waals surface area contributed by atoms with E-state index in [1.54, 1.807) is 70.3 Å². The van der Waals surface area contributed by atoms with Gasteiger partial charge in [0.05, 0.1) is 30.4 Å². The molecule has 1 amide bonds. The molecule has 3 aromatic carbocycles. The highest BCUT2D eigenvalue weighted by atomic mass is 16.5. The minimum atomic E-state index is -1.02. The van der Waals surface area contributed by atoms with E-state index in [1.807, 2.05) is 6.92 Å². The molecule has 1 aliphatic rings. The van der Waals surface area contributed by atoms with E-state index in [0.717, 1.165) is 5.56 Å². The molecule has 8 nitrogen and oxygen atoms in total. The van der Waals surface area contributed by atoms with Gasteiger partial charge in [-0.1, -0.05) is 18.2 Å². The van der Waals surface area contributed by atoms with Gasteiger partial charge >= 0.3 is 5.97 Å². The summed E-state index contributed by atoms with van der Waals surface area (Å²) in [5.74, 6) is -2.00. The summed E-state index contributed by atoms with van der Waals surface area (Å²) in [6.07, 6.45) is -0.339. The number of aliphatic hydroxyl groups is 1. The zero-order chi connectivity index (χ0) is 27.7. The third-order valence-electron chi connectivity index (χ3n) is 6.35. The number of anilines is 1. The van der Waals surface area contributed by atoms with Crippen LogP contribution in [0.15, 0.2) is 66.2 Å². The second kappa shape index (κ2) is 10.4. The topological polar surface area (TPSA) is 113 Å². The highest BCUT2D eigenvalue weighted by Crippen LogP contribution is 2.43. The molecule has 8 heteroatoms. The largest absolute Gasteiger partial charge is 0.508 e. The molecule has 0 aromatic heterocycles. The third-order valence-corrected chi connectivity index (χ3v) is 6.35. The van der Waals surface area contributed by atoms with Gasteiger partial charge < -0.3 is 19.7 Å². The second-order valence-corrected chi connectivity index (χ2v) is 9.40. The second-order valence-electron chi connectivity index (χ2n) is 9.40. The smallest absolute Gasteiger partial charge is 0.338 e. The van der Waals surface area contributed by atoms with Gasteiger partial charge in [0, 0.05) is 11.3 Å². The van der Waals surface area contributed by atoms with Gasteiger partial charge in [0.1, 0.15) is 17.3 Å². The number of ketones is 1. The number of phenolic OH excluding ortho intramolecular Hbond substituents is 1. The molecular weight excluding hydrogens is 486 g/mol. The Morgan fingerprint density at radius 1 is 0.974 bits per heavy atom. The molecule has 1 fully saturated rings. The van der Waals surface area contributed by atoms with Crippen LogP contribution in [0.4, 0.5) is 5.69 Å². The number of hydrogen-bond acceptors (Lipinski definition) is 7. The molecule has 0 bridgehead atoms. The molecule has 1 saturated heterocycles. The molecule has 196 valence electrons. The van der Waals surface area contributed by atoms with Crippen LogP contribution in [0.25, 0.3) is 5.76 Å². The highest BCUT2D eigenvalue weighted by molar-refractivity contribution is 6.51. The molecule has 0 spiro atoms. The number of aromatic hydroxyl groups is 1. The number of nitrogens with zero attached hydrogens (tertiary/aromatic N) is 1. The maximum Gasteiger partial charge on any atom is 0.338 e. The summed E-state index contributed by atoms with van der Waals surface area (Å²) in [5.41, 5.74) is 2.66. The van der Waals surface area contributed by atoms with Crippen molar-refractivity contribution in [3.63, 3.8) is 0 Å². The lowest BCUT2D eigenvalue weighted by Crippen LogP contribution is -2.29. The molecule has 1 aliphatic heterocycles. The first kappa shape index (κ1) is 26.5. The Bertz CT molecular complexity index is 1450. The molecular formula is C30H29NO7. The van der Waals surface area contributed by atoms with Gasteiger partial charge in [-0.2, -0.15) is 0 Å². The van der Waals surface area contributed by atoms with Crippen LogP contribution in [0.1, 0.15) is 52.5 Å². The zero-order valence-corrected chi connectivity index (χ0v) is 21.8. The number of amides is 1. The van der Waals surface area contributed by atoms with Gasteiger partial charge in [0.2, 0.25) is 0 Å². The standard InChI is InChI=1S/C30H29NO7/c1-16(2)38-30(36)20-7-6-8-21(15-20)31-26(19-9-11-22(32)12-10-19)25(28(34)29(31)35)27(33)23-13-18(4)24(37-5)14-17(23)3/h6-16,26,32-33H,1-5H3/b27-25+. The Morgan fingerprint density at radius 2 is 1.66 bits per heavy atom. The van der Waals surface area contributed by atoms with Gasteiger partial charge in [-0.15, -0.1) is 0 Å². The number of carbonyl (C=O) groups is 3. The van der Waals surface area contributed by atoms with Gasteiger partial charge in [0.25, 0.3) is 11.7 Å². The van der Waals surface area contributed by atoms with Crippen molar-refractivity contribution in [2.24, 2.45) is 0 Å². The molecule has 2 N–H and O–H groups in total. The monoisotopic (exact) mass is 515 g/mol.